The van der Waals surface area contributed by atoms with Gasteiger partial charge in [-0.05, 0) is 31.2 Å². The van der Waals surface area contributed by atoms with Crippen LogP contribution >= 0.6 is 0 Å². The molecule has 1 atom stereocenters. The van der Waals surface area contributed by atoms with E-state index in [2.05, 4.69) is 5.32 Å². The molecule has 0 radical (unpaired) electrons. The number of hydrogen-bond acceptors (Lipinski definition) is 4. The van der Waals surface area contributed by atoms with E-state index in [0.29, 0.717) is 5.69 Å². The van der Waals surface area contributed by atoms with Gasteiger partial charge in [0.05, 0.1) is 11.5 Å². The van der Waals surface area contributed by atoms with Crippen LogP contribution in [0.1, 0.15) is 6.92 Å². The molecular weight excluding hydrogens is 252 g/mol. The van der Waals surface area contributed by atoms with Crippen molar-refractivity contribution in [2.75, 3.05) is 11.9 Å². The molecule has 0 aliphatic heterocycles. The number of rotatable bonds is 5. The first-order valence-electron chi connectivity index (χ1n) is 4.87. The standard InChI is InChI=1S/C10H13F2NO3S/c1-7(6-14)13-8-2-4-9(5-3-8)17(15,16)10(11)12/h2-5,7,10,13-14H,6H2,1H3/t7-/m0/s1. The summed E-state index contributed by atoms with van der Waals surface area (Å²) in [6, 6.07) is 4.76. The van der Waals surface area contributed by atoms with Gasteiger partial charge in [-0.15, -0.1) is 0 Å². The maximum atomic E-state index is 12.2. The molecule has 1 aromatic carbocycles. The van der Waals surface area contributed by atoms with Gasteiger partial charge in [0.15, 0.2) is 0 Å². The van der Waals surface area contributed by atoms with Gasteiger partial charge in [-0.2, -0.15) is 8.78 Å². The number of nitrogens with one attached hydrogen (secondary N) is 1. The maximum Gasteiger partial charge on any atom is 0.341 e. The highest BCUT2D eigenvalue weighted by Gasteiger charge is 2.26. The zero-order valence-electron chi connectivity index (χ0n) is 9.10. The molecule has 0 unspecified atom stereocenters. The van der Waals surface area contributed by atoms with E-state index in [0.717, 1.165) is 12.1 Å². The van der Waals surface area contributed by atoms with Gasteiger partial charge in [-0.3, -0.25) is 0 Å². The first-order valence-corrected chi connectivity index (χ1v) is 6.42. The lowest BCUT2D eigenvalue weighted by molar-refractivity contribution is 0.234. The first kappa shape index (κ1) is 13.9. The maximum absolute atomic E-state index is 12.2. The Kier molecular flexibility index (Phi) is 4.41. The molecule has 0 spiro atoms. The van der Waals surface area contributed by atoms with E-state index >= 15 is 0 Å². The Morgan fingerprint density at radius 3 is 2.24 bits per heavy atom. The molecule has 0 aromatic heterocycles. The fourth-order valence-corrected chi connectivity index (χ4v) is 1.90. The van der Waals surface area contributed by atoms with Gasteiger partial charge in [0.2, 0.25) is 9.84 Å². The highest BCUT2D eigenvalue weighted by Crippen LogP contribution is 2.20. The van der Waals surface area contributed by atoms with Crippen LogP contribution in [0.15, 0.2) is 29.2 Å². The van der Waals surface area contributed by atoms with Crippen LogP contribution in [0.5, 0.6) is 0 Å². The van der Waals surface area contributed by atoms with Gasteiger partial charge in [0.25, 0.3) is 0 Å². The third-order valence-electron chi connectivity index (χ3n) is 2.10. The molecule has 0 aliphatic carbocycles. The molecule has 2 N–H and O–H groups in total. The molecule has 96 valence electrons. The third-order valence-corrected chi connectivity index (χ3v) is 3.50. The average Bonchev–Trinajstić information content (AvgIpc) is 2.29. The van der Waals surface area contributed by atoms with Gasteiger partial charge in [-0.25, -0.2) is 8.42 Å². The highest BCUT2D eigenvalue weighted by molar-refractivity contribution is 7.91. The summed E-state index contributed by atoms with van der Waals surface area (Å²) in [6.45, 7) is 1.64. The smallest absolute Gasteiger partial charge is 0.341 e. The topological polar surface area (TPSA) is 66.4 Å². The number of anilines is 1. The molecule has 4 nitrogen and oxygen atoms in total. The molecule has 0 heterocycles. The van der Waals surface area contributed by atoms with Crippen molar-refractivity contribution in [2.45, 2.75) is 23.6 Å². The van der Waals surface area contributed by atoms with Gasteiger partial charge in [0, 0.05) is 11.7 Å². The van der Waals surface area contributed by atoms with Crippen molar-refractivity contribution in [1.29, 1.82) is 0 Å². The van der Waals surface area contributed by atoms with Gasteiger partial charge in [0.1, 0.15) is 0 Å². The van der Waals surface area contributed by atoms with E-state index < -0.39 is 20.5 Å². The van der Waals surface area contributed by atoms with Crippen LogP contribution in [0.25, 0.3) is 0 Å². The van der Waals surface area contributed by atoms with Crippen LogP contribution in [0.3, 0.4) is 0 Å². The molecule has 0 saturated carbocycles. The Labute approximate surface area is 98.2 Å². The van der Waals surface area contributed by atoms with Crippen molar-refractivity contribution in [1.82, 2.24) is 0 Å². The minimum Gasteiger partial charge on any atom is -0.394 e. The fourth-order valence-electron chi connectivity index (χ4n) is 1.17. The number of sulfone groups is 1. The fraction of sp³-hybridized carbons (Fsp3) is 0.400. The van der Waals surface area contributed by atoms with Crippen LogP contribution in [-0.4, -0.2) is 31.9 Å². The second kappa shape index (κ2) is 5.42. The highest BCUT2D eigenvalue weighted by atomic mass is 32.2. The monoisotopic (exact) mass is 265 g/mol. The molecule has 7 heteroatoms. The van der Waals surface area contributed by atoms with E-state index in [-0.39, 0.29) is 12.6 Å². The summed E-state index contributed by atoms with van der Waals surface area (Å²) < 4.78 is 46.7. The van der Waals surface area contributed by atoms with Crippen LogP contribution in [-0.2, 0) is 9.84 Å². The minimum atomic E-state index is -4.54. The first-order chi connectivity index (χ1) is 7.87. The summed E-state index contributed by atoms with van der Waals surface area (Å²) in [5, 5.41) is 11.7. The van der Waals surface area contributed by atoms with Crippen molar-refractivity contribution in [3.8, 4) is 0 Å². The lowest BCUT2D eigenvalue weighted by Crippen LogP contribution is -2.19. The SMILES string of the molecule is C[C@@H](CO)Nc1ccc(S(=O)(=O)C(F)F)cc1. The van der Waals surface area contributed by atoms with Crippen molar-refractivity contribution >= 4 is 15.5 Å². The van der Waals surface area contributed by atoms with E-state index in [1.165, 1.54) is 12.1 Å². The number of aliphatic hydroxyl groups is 1. The Hall–Kier alpha value is -1.21. The minimum absolute atomic E-state index is 0.0862. The zero-order valence-corrected chi connectivity index (χ0v) is 9.92. The lowest BCUT2D eigenvalue weighted by Gasteiger charge is -2.12. The predicted octanol–water partition coefficient (Wildman–Crippen LogP) is 1.48. The van der Waals surface area contributed by atoms with E-state index in [1.54, 1.807) is 6.92 Å². The number of aliphatic hydroxyl groups excluding tert-OH is 1. The Morgan fingerprint density at radius 1 is 1.29 bits per heavy atom. The molecule has 0 saturated heterocycles. The molecule has 17 heavy (non-hydrogen) atoms. The molecule has 0 amide bonds. The lowest BCUT2D eigenvalue weighted by atomic mass is 10.3. The van der Waals surface area contributed by atoms with Crippen LogP contribution in [0.4, 0.5) is 14.5 Å². The summed E-state index contributed by atoms with van der Waals surface area (Å²) in [5.74, 6) is -3.42. The number of alkyl halides is 2. The van der Waals surface area contributed by atoms with Crippen molar-refractivity contribution in [3.05, 3.63) is 24.3 Å². The molecular formula is C10H13F2NO3S. The summed E-state index contributed by atoms with van der Waals surface area (Å²) >= 11 is 0. The number of hydrogen-bond donors (Lipinski definition) is 2. The second-order valence-electron chi connectivity index (χ2n) is 3.56. The van der Waals surface area contributed by atoms with Gasteiger partial charge in [-0.1, -0.05) is 0 Å². The summed E-state index contributed by atoms with van der Waals surface area (Å²) in [7, 11) is -4.54. The van der Waals surface area contributed by atoms with Crippen molar-refractivity contribution < 1.29 is 22.3 Å². The molecule has 0 fully saturated rings. The molecule has 0 bridgehead atoms. The third kappa shape index (κ3) is 3.37. The van der Waals surface area contributed by atoms with Crippen LogP contribution < -0.4 is 5.32 Å². The Morgan fingerprint density at radius 2 is 1.82 bits per heavy atom. The summed E-state index contributed by atoms with van der Waals surface area (Å²) in [6.07, 6.45) is 0. The summed E-state index contributed by atoms with van der Waals surface area (Å²) in [5.41, 5.74) is 0.555. The predicted molar refractivity (Wildman–Crippen MR) is 59.8 cm³/mol. The van der Waals surface area contributed by atoms with Crippen molar-refractivity contribution in [2.24, 2.45) is 0 Å². The van der Waals surface area contributed by atoms with E-state index in [4.69, 9.17) is 5.11 Å². The van der Waals surface area contributed by atoms with Gasteiger partial charge >= 0.3 is 5.76 Å². The largest absolute Gasteiger partial charge is 0.394 e. The molecule has 0 aliphatic rings. The average molecular weight is 265 g/mol. The zero-order chi connectivity index (χ0) is 13.1. The van der Waals surface area contributed by atoms with Gasteiger partial charge < -0.3 is 10.4 Å². The van der Waals surface area contributed by atoms with Crippen LogP contribution in [0.2, 0.25) is 0 Å². The second-order valence-corrected chi connectivity index (χ2v) is 5.48. The number of halogens is 2. The Balaban J connectivity index is 2.89. The quantitative estimate of drug-likeness (QED) is 0.846. The van der Waals surface area contributed by atoms with E-state index in [1.807, 2.05) is 0 Å². The van der Waals surface area contributed by atoms with Crippen LogP contribution in [0, 0.1) is 0 Å². The normalized spacial score (nSPS) is 13.7. The number of benzene rings is 1. The molecule has 1 rings (SSSR count). The Bertz CT molecular complexity index is 459. The molecule has 1 aromatic rings. The van der Waals surface area contributed by atoms with Crippen molar-refractivity contribution in [3.63, 3.8) is 0 Å². The van der Waals surface area contributed by atoms with E-state index in [9.17, 15) is 17.2 Å². The summed E-state index contributed by atoms with van der Waals surface area (Å²) in [4.78, 5) is -0.422.